The Hall–Kier alpha value is -2.47. The number of hydrogen-bond donors (Lipinski definition) is 2. The topological polar surface area (TPSA) is 80.7 Å². The van der Waals surface area contributed by atoms with Crippen molar-refractivity contribution in [3.63, 3.8) is 0 Å². The van der Waals surface area contributed by atoms with Crippen molar-refractivity contribution in [2.24, 2.45) is 0 Å². The Labute approximate surface area is 138 Å². The van der Waals surface area contributed by atoms with Gasteiger partial charge in [-0.3, -0.25) is 4.57 Å². The number of aryl methyl sites for hydroxylation is 1. The molecule has 2 aromatic heterocycles. The van der Waals surface area contributed by atoms with E-state index in [0.29, 0.717) is 28.3 Å². The Balaban J connectivity index is 1.78. The van der Waals surface area contributed by atoms with E-state index in [4.69, 9.17) is 9.15 Å². The molecule has 2 bridgehead atoms. The van der Waals surface area contributed by atoms with Crippen LogP contribution in [0.25, 0.3) is 16.8 Å². The molecule has 2 aliphatic heterocycles. The fraction of sp³-hybridized carbons (Fsp3) is 0.389. The lowest BCUT2D eigenvalue weighted by Gasteiger charge is -2.20. The number of aromatic hydroxyl groups is 2. The van der Waals surface area contributed by atoms with Gasteiger partial charge < -0.3 is 19.4 Å². The molecule has 0 radical (unpaired) electrons. The first kappa shape index (κ1) is 13.9. The van der Waals surface area contributed by atoms with Gasteiger partial charge in [-0.05, 0) is 38.8 Å². The molecule has 4 heterocycles. The van der Waals surface area contributed by atoms with Crippen LogP contribution in [-0.4, -0.2) is 19.8 Å². The molecule has 0 saturated carbocycles. The minimum atomic E-state index is -0.552. The average Bonchev–Trinajstić information content (AvgIpc) is 3.17. The molecule has 2 aliphatic rings. The van der Waals surface area contributed by atoms with E-state index in [1.807, 2.05) is 26.0 Å². The van der Waals surface area contributed by atoms with Crippen LogP contribution in [-0.2, 0) is 15.9 Å². The third-order valence-corrected chi connectivity index (χ3v) is 5.45. The van der Waals surface area contributed by atoms with Crippen LogP contribution in [0.1, 0.15) is 43.7 Å². The molecule has 1 saturated heterocycles. The number of fused-ring (bicyclic) bond motifs is 6. The summed E-state index contributed by atoms with van der Waals surface area (Å²) < 4.78 is 13.2. The number of benzene rings is 1. The van der Waals surface area contributed by atoms with Gasteiger partial charge in [0.25, 0.3) is 0 Å². The first-order valence-electron chi connectivity index (χ1n) is 8.08. The Bertz CT molecular complexity index is 978. The monoisotopic (exact) mass is 326 g/mol. The molecule has 0 amide bonds. The van der Waals surface area contributed by atoms with E-state index in [9.17, 15) is 10.2 Å². The molecular formula is C18H18N2O4. The highest BCUT2D eigenvalue weighted by Gasteiger charge is 2.59. The summed E-state index contributed by atoms with van der Waals surface area (Å²) in [6.07, 6.45) is 1.65. The van der Waals surface area contributed by atoms with Crippen molar-refractivity contribution < 1.29 is 19.4 Å². The van der Waals surface area contributed by atoms with Gasteiger partial charge in [0.1, 0.15) is 5.52 Å². The average molecular weight is 326 g/mol. The van der Waals surface area contributed by atoms with Gasteiger partial charge in [0, 0.05) is 13.0 Å². The quantitative estimate of drug-likeness (QED) is 0.714. The first-order valence-corrected chi connectivity index (χ1v) is 8.08. The van der Waals surface area contributed by atoms with E-state index in [2.05, 4.69) is 4.98 Å². The zero-order valence-electron chi connectivity index (χ0n) is 13.8. The zero-order chi connectivity index (χ0) is 16.9. The van der Waals surface area contributed by atoms with Gasteiger partial charge in [0.2, 0.25) is 11.8 Å². The van der Waals surface area contributed by atoms with Crippen LogP contribution in [0.2, 0.25) is 0 Å². The maximum absolute atomic E-state index is 10.8. The van der Waals surface area contributed by atoms with Gasteiger partial charge in [-0.2, -0.15) is 0 Å². The van der Waals surface area contributed by atoms with Gasteiger partial charge in [-0.15, -0.1) is 0 Å². The van der Waals surface area contributed by atoms with Crippen LogP contribution < -0.4 is 0 Å². The summed E-state index contributed by atoms with van der Waals surface area (Å²) >= 11 is 0. The smallest absolute Gasteiger partial charge is 0.205 e. The normalized spacial score (nSPS) is 28.0. The van der Waals surface area contributed by atoms with E-state index >= 15 is 0 Å². The highest BCUT2D eigenvalue weighted by Crippen LogP contribution is 2.64. The first-order chi connectivity index (χ1) is 11.3. The second-order valence-corrected chi connectivity index (χ2v) is 7.18. The molecule has 6 nitrogen and oxygen atoms in total. The molecule has 0 aliphatic carbocycles. The second-order valence-electron chi connectivity index (χ2n) is 7.18. The summed E-state index contributed by atoms with van der Waals surface area (Å²) in [6.45, 7) is 5.72. The van der Waals surface area contributed by atoms with Crippen molar-refractivity contribution in [1.29, 1.82) is 0 Å². The maximum atomic E-state index is 10.8. The predicted molar refractivity (Wildman–Crippen MR) is 86.4 cm³/mol. The van der Waals surface area contributed by atoms with Gasteiger partial charge >= 0.3 is 0 Å². The fourth-order valence-corrected chi connectivity index (χ4v) is 4.39. The van der Waals surface area contributed by atoms with Gasteiger partial charge in [0.05, 0.1) is 28.0 Å². The number of rotatable bonds is 1. The molecule has 2 unspecified atom stereocenters. The molecule has 3 aromatic rings. The summed E-state index contributed by atoms with van der Waals surface area (Å²) in [4.78, 5) is 4.28. The maximum Gasteiger partial charge on any atom is 0.205 e. The molecule has 0 spiro atoms. The standard InChI is InChI=1S/C18H18N2O4/c1-9-19-11-5-4-10(8-12(11)23-9)20-15(21)13-14(16(20)22)18(3)7-6-17(13,2)24-18/h4-5,8,21-22H,6-7H2,1-3H3. The van der Waals surface area contributed by atoms with Crippen LogP contribution in [0.15, 0.2) is 22.6 Å². The third-order valence-electron chi connectivity index (χ3n) is 5.45. The van der Waals surface area contributed by atoms with Crippen molar-refractivity contribution in [3.05, 3.63) is 35.2 Å². The Morgan fingerprint density at radius 2 is 1.71 bits per heavy atom. The minimum Gasteiger partial charge on any atom is -0.494 e. The van der Waals surface area contributed by atoms with Crippen LogP contribution in [0.4, 0.5) is 0 Å². The zero-order valence-corrected chi connectivity index (χ0v) is 13.8. The summed E-state index contributed by atoms with van der Waals surface area (Å²) in [5.74, 6) is 0.644. The molecule has 2 atom stereocenters. The van der Waals surface area contributed by atoms with Crippen molar-refractivity contribution >= 4 is 11.1 Å². The Morgan fingerprint density at radius 1 is 1.08 bits per heavy atom. The van der Waals surface area contributed by atoms with Crippen LogP contribution in [0.5, 0.6) is 11.8 Å². The lowest BCUT2D eigenvalue weighted by atomic mass is 9.80. The fourth-order valence-electron chi connectivity index (χ4n) is 4.39. The summed E-state index contributed by atoms with van der Waals surface area (Å²) in [5, 5.41) is 21.7. The lowest BCUT2D eigenvalue weighted by Crippen LogP contribution is -2.17. The summed E-state index contributed by atoms with van der Waals surface area (Å²) in [7, 11) is 0. The molecule has 1 aromatic carbocycles. The molecule has 6 heteroatoms. The van der Waals surface area contributed by atoms with E-state index in [1.54, 1.807) is 13.0 Å². The van der Waals surface area contributed by atoms with E-state index in [0.717, 1.165) is 18.4 Å². The Kier molecular flexibility index (Phi) is 2.29. The van der Waals surface area contributed by atoms with Gasteiger partial charge in [-0.25, -0.2) is 4.98 Å². The largest absolute Gasteiger partial charge is 0.494 e. The molecule has 24 heavy (non-hydrogen) atoms. The minimum absolute atomic E-state index is 0.0315. The summed E-state index contributed by atoms with van der Waals surface area (Å²) in [6, 6.07) is 5.41. The van der Waals surface area contributed by atoms with E-state index < -0.39 is 11.2 Å². The Morgan fingerprint density at radius 3 is 2.33 bits per heavy atom. The van der Waals surface area contributed by atoms with Crippen LogP contribution in [0.3, 0.4) is 0 Å². The molecule has 1 fully saturated rings. The highest BCUT2D eigenvalue weighted by atomic mass is 16.5. The molecular weight excluding hydrogens is 308 g/mol. The predicted octanol–water partition coefficient (Wildman–Crippen LogP) is 3.59. The number of hydrogen-bond acceptors (Lipinski definition) is 5. The molecule has 5 rings (SSSR count). The highest BCUT2D eigenvalue weighted by molar-refractivity contribution is 5.76. The molecule has 2 N–H and O–H groups in total. The number of nitrogens with zero attached hydrogens (tertiary/aromatic N) is 2. The van der Waals surface area contributed by atoms with Crippen molar-refractivity contribution in [3.8, 4) is 17.4 Å². The number of aromatic nitrogens is 2. The van der Waals surface area contributed by atoms with Gasteiger partial charge in [-0.1, -0.05) is 0 Å². The number of ether oxygens (including phenoxy) is 1. The lowest BCUT2D eigenvalue weighted by molar-refractivity contribution is -0.0683. The SMILES string of the molecule is Cc1nc2ccc(-n3c(O)c4c(c3O)C3(C)CCC4(C)O3)cc2o1. The molecule has 124 valence electrons. The van der Waals surface area contributed by atoms with Crippen molar-refractivity contribution in [2.75, 3.05) is 0 Å². The van der Waals surface area contributed by atoms with E-state index in [1.165, 1.54) is 4.57 Å². The third kappa shape index (κ3) is 1.47. The number of oxazole rings is 1. The van der Waals surface area contributed by atoms with Crippen LogP contribution in [0, 0.1) is 6.92 Å². The summed E-state index contributed by atoms with van der Waals surface area (Å²) in [5.41, 5.74) is 2.29. The van der Waals surface area contributed by atoms with Crippen LogP contribution >= 0.6 is 0 Å². The van der Waals surface area contributed by atoms with Crippen molar-refractivity contribution in [2.45, 2.75) is 44.8 Å². The van der Waals surface area contributed by atoms with Crippen molar-refractivity contribution in [1.82, 2.24) is 9.55 Å². The second kappa shape index (κ2) is 3.95. The van der Waals surface area contributed by atoms with Gasteiger partial charge in [0.15, 0.2) is 11.5 Å². The van der Waals surface area contributed by atoms with E-state index in [-0.39, 0.29) is 11.8 Å².